The number of ether oxygens (including phenoxy) is 1. The minimum absolute atomic E-state index is 0.224. The molecule has 0 spiro atoms. The first kappa shape index (κ1) is 13.0. The molecule has 2 heterocycles. The van der Waals surface area contributed by atoms with Crippen molar-refractivity contribution in [2.75, 3.05) is 7.11 Å². The van der Waals surface area contributed by atoms with Crippen LogP contribution in [0.15, 0.2) is 47.4 Å². The number of benzene rings is 1. The maximum Gasteiger partial charge on any atom is 0.258 e. The summed E-state index contributed by atoms with van der Waals surface area (Å²) in [5, 5.41) is 18.9. The van der Waals surface area contributed by atoms with Crippen LogP contribution in [0.3, 0.4) is 0 Å². The van der Waals surface area contributed by atoms with E-state index in [1.807, 2.05) is 0 Å². The Morgan fingerprint density at radius 1 is 1.10 bits per heavy atom. The fraction of sp³-hybridized carbons (Fsp3) is 0.0667. The molecule has 21 heavy (non-hydrogen) atoms. The third-order valence-corrected chi connectivity index (χ3v) is 3.15. The number of methoxy groups -OCH3 is 1. The molecule has 6 nitrogen and oxygen atoms in total. The number of nitrogens with zero attached hydrogens (tertiary/aromatic N) is 2. The molecule has 6 heteroatoms. The van der Waals surface area contributed by atoms with Gasteiger partial charge in [0.05, 0.1) is 12.8 Å². The zero-order chi connectivity index (χ0) is 15.0. The van der Waals surface area contributed by atoms with Crippen LogP contribution in [0.5, 0.6) is 17.2 Å². The van der Waals surface area contributed by atoms with Gasteiger partial charge in [0.1, 0.15) is 11.4 Å². The van der Waals surface area contributed by atoms with Gasteiger partial charge in [0.2, 0.25) is 0 Å². The number of hydrogen-bond donors (Lipinski definition) is 2. The van der Waals surface area contributed by atoms with Crippen LogP contribution in [0.2, 0.25) is 0 Å². The van der Waals surface area contributed by atoms with Gasteiger partial charge >= 0.3 is 0 Å². The molecular weight excluding hydrogens is 272 g/mol. The summed E-state index contributed by atoms with van der Waals surface area (Å²) in [6, 6.07) is 8.96. The molecule has 0 aliphatic carbocycles. The fourth-order valence-corrected chi connectivity index (χ4v) is 2.04. The summed E-state index contributed by atoms with van der Waals surface area (Å²) in [5.41, 5.74) is 1.13. The van der Waals surface area contributed by atoms with E-state index in [2.05, 4.69) is 4.98 Å². The largest absolute Gasteiger partial charge is 0.504 e. The van der Waals surface area contributed by atoms with E-state index in [0.717, 1.165) is 0 Å². The van der Waals surface area contributed by atoms with Gasteiger partial charge < -0.3 is 14.9 Å². The molecular formula is C15H12N2O4. The Bertz CT molecular complexity index is 886. The third-order valence-electron chi connectivity index (χ3n) is 3.15. The quantitative estimate of drug-likeness (QED) is 0.701. The SMILES string of the molecule is COc1ccn2c(=O)cc(-c3ccc(O)c(O)c3)nc2c1. The van der Waals surface area contributed by atoms with Crippen LogP contribution < -0.4 is 10.3 Å². The second-order valence-electron chi connectivity index (χ2n) is 4.48. The number of aromatic nitrogens is 2. The lowest BCUT2D eigenvalue weighted by atomic mass is 10.1. The highest BCUT2D eigenvalue weighted by atomic mass is 16.5. The van der Waals surface area contributed by atoms with E-state index in [0.29, 0.717) is 22.7 Å². The Balaban J connectivity index is 2.23. The van der Waals surface area contributed by atoms with Gasteiger partial charge in [-0.15, -0.1) is 0 Å². The number of rotatable bonds is 2. The molecule has 0 saturated heterocycles. The van der Waals surface area contributed by atoms with Gasteiger partial charge in [-0.3, -0.25) is 9.20 Å². The predicted octanol–water partition coefficient (Wildman–Crippen LogP) is 1.78. The second kappa shape index (κ2) is 4.82. The zero-order valence-electron chi connectivity index (χ0n) is 11.1. The van der Waals surface area contributed by atoms with Crippen LogP contribution in [0.4, 0.5) is 0 Å². The molecule has 0 fully saturated rings. The second-order valence-corrected chi connectivity index (χ2v) is 4.48. The highest BCUT2D eigenvalue weighted by molar-refractivity contribution is 5.65. The predicted molar refractivity (Wildman–Crippen MR) is 76.8 cm³/mol. The van der Waals surface area contributed by atoms with Crippen LogP contribution >= 0.6 is 0 Å². The lowest BCUT2D eigenvalue weighted by molar-refractivity contribution is 0.404. The van der Waals surface area contributed by atoms with E-state index in [9.17, 15) is 15.0 Å². The van der Waals surface area contributed by atoms with Crippen LogP contribution in [0.1, 0.15) is 0 Å². The molecule has 0 radical (unpaired) electrons. The first-order chi connectivity index (χ1) is 10.1. The smallest absolute Gasteiger partial charge is 0.258 e. The topological polar surface area (TPSA) is 84.1 Å². The summed E-state index contributed by atoms with van der Waals surface area (Å²) in [5.74, 6) is 0.102. The van der Waals surface area contributed by atoms with Crippen molar-refractivity contribution in [3.8, 4) is 28.5 Å². The number of phenolic OH excluding ortho intramolecular Hbond substituents is 2. The maximum atomic E-state index is 12.1. The molecule has 0 amide bonds. The van der Waals surface area contributed by atoms with E-state index in [1.54, 1.807) is 24.4 Å². The summed E-state index contributed by atoms with van der Waals surface area (Å²) in [4.78, 5) is 16.5. The molecule has 0 saturated carbocycles. The van der Waals surface area contributed by atoms with E-state index in [1.165, 1.54) is 29.7 Å². The summed E-state index contributed by atoms with van der Waals surface area (Å²) < 4.78 is 6.51. The van der Waals surface area contributed by atoms with Crippen LogP contribution in [-0.4, -0.2) is 26.7 Å². The lowest BCUT2D eigenvalue weighted by Gasteiger charge is -2.07. The molecule has 0 atom stereocenters. The first-order valence-electron chi connectivity index (χ1n) is 6.18. The van der Waals surface area contributed by atoms with Gasteiger partial charge in [0, 0.05) is 23.9 Å². The van der Waals surface area contributed by atoms with Gasteiger partial charge in [0.15, 0.2) is 11.5 Å². The van der Waals surface area contributed by atoms with E-state index < -0.39 is 0 Å². The van der Waals surface area contributed by atoms with Crippen LogP contribution in [0.25, 0.3) is 16.9 Å². The van der Waals surface area contributed by atoms with Crippen molar-refractivity contribution >= 4 is 5.65 Å². The Kier molecular flexibility index (Phi) is 2.98. The third kappa shape index (κ3) is 2.27. The molecule has 3 aromatic rings. The fourth-order valence-electron chi connectivity index (χ4n) is 2.04. The molecule has 1 aromatic carbocycles. The van der Waals surface area contributed by atoms with Crippen molar-refractivity contribution in [3.05, 3.63) is 52.9 Å². The Labute approximate surface area is 119 Å². The van der Waals surface area contributed by atoms with Crippen molar-refractivity contribution in [2.24, 2.45) is 0 Å². The number of fused-ring (bicyclic) bond motifs is 1. The van der Waals surface area contributed by atoms with Crippen molar-refractivity contribution in [3.63, 3.8) is 0 Å². The average Bonchev–Trinajstić information content (AvgIpc) is 2.49. The van der Waals surface area contributed by atoms with Gasteiger partial charge in [-0.2, -0.15) is 0 Å². The molecule has 0 unspecified atom stereocenters. The molecule has 0 aliphatic heterocycles. The minimum Gasteiger partial charge on any atom is -0.504 e. The highest BCUT2D eigenvalue weighted by Crippen LogP contribution is 2.29. The van der Waals surface area contributed by atoms with Crippen molar-refractivity contribution in [1.82, 2.24) is 9.38 Å². The Morgan fingerprint density at radius 2 is 1.90 bits per heavy atom. The van der Waals surface area contributed by atoms with Gasteiger partial charge in [-0.05, 0) is 24.3 Å². The summed E-state index contributed by atoms with van der Waals surface area (Å²) in [6.45, 7) is 0. The van der Waals surface area contributed by atoms with Gasteiger partial charge in [0.25, 0.3) is 5.56 Å². The molecule has 106 valence electrons. The number of phenols is 2. The van der Waals surface area contributed by atoms with Crippen LogP contribution in [-0.2, 0) is 0 Å². The number of pyridine rings is 1. The summed E-state index contributed by atoms with van der Waals surface area (Å²) >= 11 is 0. The van der Waals surface area contributed by atoms with E-state index in [4.69, 9.17) is 4.74 Å². The number of aromatic hydroxyl groups is 2. The average molecular weight is 284 g/mol. The van der Waals surface area contributed by atoms with Crippen molar-refractivity contribution in [2.45, 2.75) is 0 Å². The molecule has 0 bridgehead atoms. The Hall–Kier alpha value is -3.02. The first-order valence-corrected chi connectivity index (χ1v) is 6.18. The number of hydrogen-bond acceptors (Lipinski definition) is 5. The van der Waals surface area contributed by atoms with Gasteiger partial charge in [-0.25, -0.2) is 4.98 Å². The molecule has 2 aromatic heterocycles. The lowest BCUT2D eigenvalue weighted by Crippen LogP contribution is -2.14. The van der Waals surface area contributed by atoms with Gasteiger partial charge in [-0.1, -0.05) is 0 Å². The molecule has 3 rings (SSSR count). The molecule has 2 N–H and O–H groups in total. The highest BCUT2D eigenvalue weighted by Gasteiger charge is 2.08. The normalized spacial score (nSPS) is 10.7. The van der Waals surface area contributed by atoms with Crippen LogP contribution in [0, 0.1) is 0 Å². The zero-order valence-corrected chi connectivity index (χ0v) is 11.1. The van der Waals surface area contributed by atoms with E-state index in [-0.39, 0.29) is 17.1 Å². The summed E-state index contributed by atoms with van der Waals surface area (Å²) in [6.07, 6.45) is 1.58. The maximum absolute atomic E-state index is 12.1. The molecule has 0 aliphatic rings. The van der Waals surface area contributed by atoms with Crippen molar-refractivity contribution in [1.29, 1.82) is 0 Å². The summed E-state index contributed by atoms with van der Waals surface area (Å²) in [7, 11) is 1.53. The monoisotopic (exact) mass is 284 g/mol. The van der Waals surface area contributed by atoms with Crippen molar-refractivity contribution < 1.29 is 14.9 Å². The Morgan fingerprint density at radius 3 is 2.62 bits per heavy atom. The minimum atomic E-state index is -0.264. The van der Waals surface area contributed by atoms with E-state index >= 15 is 0 Å². The standard InChI is InChI=1S/C15H12N2O4/c1-21-10-4-5-17-14(7-10)16-11(8-15(17)20)9-2-3-12(18)13(19)6-9/h2-8,18-19H,1H3.